The Balaban J connectivity index is 2.30. The predicted molar refractivity (Wildman–Crippen MR) is 82.6 cm³/mol. The number of nitrogens with one attached hydrogen (secondary N) is 1. The molecule has 20 heavy (non-hydrogen) atoms. The summed E-state index contributed by atoms with van der Waals surface area (Å²) in [7, 11) is 1.70. The fourth-order valence-electron chi connectivity index (χ4n) is 3.05. The first-order chi connectivity index (χ1) is 9.61. The number of hydrogen-bond acceptors (Lipinski definition) is 3. The largest absolute Gasteiger partial charge is 0.497 e. The van der Waals surface area contributed by atoms with Gasteiger partial charge in [-0.25, -0.2) is 0 Å². The van der Waals surface area contributed by atoms with E-state index in [2.05, 4.69) is 32.2 Å². The molecule has 0 saturated heterocycles. The van der Waals surface area contributed by atoms with Gasteiger partial charge in [0.05, 0.1) is 7.11 Å². The zero-order valence-corrected chi connectivity index (χ0v) is 13.2. The van der Waals surface area contributed by atoms with E-state index >= 15 is 0 Å². The molecule has 2 rings (SSSR count). The Labute approximate surface area is 122 Å². The predicted octanol–water partition coefficient (Wildman–Crippen LogP) is 4.08. The molecule has 3 nitrogen and oxygen atoms in total. The van der Waals surface area contributed by atoms with Gasteiger partial charge in [-0.2, -0.15) is 0 Å². The van der Waals surface area contributed by atoms with Crippen molar-refractivity contribution in [2.75, 3.05) is 13.7 Å². The molecule has 2 atom stereocenters. The van der Waals surface area contributed by atoms with Crippen LogP contribution in [0, 0.1) is 0 Å². The van der Waals surface area contributed by atoms with Crippen LogP contribution in [0.1, 0.15) is 58.1 Å². The second-order valence-corrected chi connectivity index (χ2v) is 5.92. The minimum Gasteiger partial charge on any atom is -0.497 e. The molecule has 0 amide bonds. The van der Waals surface area contributed by atoms with E-state index in [-0.39, 0.29) is 5.60 Å². The Morgan fingerprint density at radius 1 is 1.35 bits per heavy atom. The zero-order valence-electron chi connectivity index (χ0n) is 13.2. The normalized spacial score (nSPS) is 24.9. The van der Waals surface area contributed by atoms with Crippen LogP contribution in [0.25, 0.3) is 0 Å². The third-order valence-corrected chi connectivity index (χ3v) is 4.01. The maximum absolute atomic E-state index is 6.29. The molecule has 0 aliphatic carbocycles. The lowest BCUT2D eigenvalue weighted by atomic mass is 9.85. The fourth-order valence-corrected chi connectivity index (χ4v) is 3.05. The lowest BCUT2D eigenvalue weighted by molar-refractivity contribution is 0.0388. The number of methoxy groups -OCH3 is 1. The highest BCUT2D eigenvalue weighted by Gasteiger charge is 2.36. The summed E-state index contributed by atoms with van der Waals surface area (Å²) in [6, 6.07) is 6.54. The van der Waals surface area contributed by atoms with Gasteiger partial charge in [-0.1, -0.05) is 26.3 Å². The first kappa shape index (κ1) is 15.2. The second kappa shape index (κ2) is 6.49. The molecule has 2 unspecified atom stereocenters. The van der Waals surface area contributed by atoms with Crippen molar-refractivity contribution >= 4 is 0 Å². The smallest absolute Gasteiger partial charge is 0.128 e. The van der Waals surface area contributed by atoms with Crippen LogP contribution in [0.2, 0.25) is 0 Å². The molecule has 0 saturated carbocycles. The highest BCUT2D eigenvalue weighted by atomic mass is 16.5. The van der Waals surface area contributed by atoms with Crippen LogP contribution >= 0.6 is 0 Å². The van der Waals surface area contributed by atoms with E-state index in [0.717, 1.165) is 43.7 Å². The minimum atomic E-state index is -0.0838. The topological polar surface area (TPSA) is 30.5 Å². The second-order valence-electron chi connectivity index (χ2n) is 5.92. The summed E-state index contributed by atoms with van der Waals surface area (Å²) >= 11 is 0. The molecular weight excluding hydrogens is 250 g/mol. The van der Waals surface area contributed by atoms with E-state index < -0.39 is 0 Å². The van der Waals surface area contributed by atoms with Crippen LogP contribution < -0.4 is 14.8 Å². The summed E-state index contributed by atoms with van der Waals surface area (Å²) in [6.07, 6.45) is 4.39. The maximum Gasteiger partial charge on any atom is 0.128 e. The molecule has 0 radical (unpaired) electrons. The van der Waals surface area contributed by atoms with Crippen molar-refractivity contribution in [1.82, 2.24) is 5.32 Å². The monoisotopic (exact) mass is 277 g/mol. The Bertz CT molecular complexity index is 447. The van der Waals surface area contributed by atoms with Crippen molar-refractivity contribution < 1.29 is 9.47 Å². The average Bonchev–Trinajstić information content (AvgIpc) is 2.43. The molecule has 0 fully saturated rings. The van der Waals surface area contributed by atoms with Gasteiger partial charge in [-0.15, -0.1) is 0 Å². The lowest BCUT2D eigenvalue weighted by Gasteiger charge is -2.40. The van der Waals surface area contributed by atoms with Crippen LogP contribution in [0.5, 0.6) is 11.5 Å². The molecule has 1 aliphatic heterocycles. The third-order valence-electron chi connectivity index (χ3n) is 4.01. The van der Waals surface area contributed by atoms with E-state index in [4.69, 9.17) is 9.47 Å². The molecule has 1 heterocycles. The van der Waals surface area contributed by atoms with E-state index in [1.807, 2.05) is 12.1 Å². The number of fused-ring (bicyclic) bond motifs is 1. The summed E-state index contributed by atoms with van der Waals surface area (Å²) in [5, 5.41) is 3.66. The van der Waals surface area contributed by atoms with Gasteiger partial charge in [-0.05, 0) is 32.4 Å². The zero-order chi connectivity index (χ0) is 14.6. The summed E-state index contributed by atoms with van der Waals surface area (Å²) in [5.74, 6) is 1.83. The van der Waals surface area contributed by atoms with E-state index in [0.29, 0.717) is 6.04 Å². The molecular formula is C17H27NO2. The van der Waals surface area contributed by atoms with Crippen molar-refractivity contribution in [3.8, 4) is 11.5 Å². The van der Waals surface area contributed by atoms with Gasteiger partial charge < -0.3 is 14.8 Å². The fraction of sp³-hybridized carbons (Fsp3) is 0.647. The summed E-state index contributed by atoms with van der Waals surface area (Å²) in [5.41, 5.74) is 1.17. The summed E-state index contributed by atoms with van der Waals surface area (Å²) in [4.78, 5) is 0. The lowest BCUT2D eigenvalue weighted by Crippen LogP contribution is -2.42. The Morgan fingerprint density at radius 2 is 2.15 bits per heavy atom. The van der Waals surface area contributed by atoms with Crippen molar-refractivity contribution in [2.45, 2.75) is 58.1 Å². The first-order valence-corrected chi connectivity index (χ1v) is 7.72. The molecule has 1 N–H and O–H groups in total. The van der Waals surface area contributed by atoms with Crippen LogP contribution in [-0.2, 0) is 0 Å². The van der Waals surface area contributed by atoms with Gasteiger partial charge in [0, 0.05) is 24.1 Å². The molecule has 1 aromatic carbocycles. The molecule has 3 heteroatoms. The summed E-state index contributed by atoms with van der Waals surface area (Å²) in [6.45, 7) is 7.68. The number of rotatable bonds is 6. The van der Waals surface area contributed by atoms with E-state index in [1.165, 1.54) is 5.56 Å². The van der Waals surface area contributed by atoms with Crippen LogP contribution in [0.15, 0.2) is 18.2 Å². The molecule has 0 aromatic heterocycles. The molecule has 1 aliphatic rings. The van der Waals surface area contributed by atoms with E-state index in [9.17, 15) is 0 Å². The highest BCUT2D eigenvalue weighted by Crippen LogP contribution is 2.42. The number of ether oxygens (including phenoxy) is 2. The summed E-state index contributed by atoms with van der Waals surface area (Å²) < 4.78 is 11.6. The van der Waals surface area contributed by atoms with Crippen molar-refractivity contribution in [1.29, 1.82) is 0 Å². The van der Waals surface area contributed by atoms with Gasteiger partial charge in [0.2, 0.25) is 0 Å². The number of hydrogen-bond donors (Lipinski definition) is 1. The molecule has 0 spiro atoms. The maximum atomic E-state index is 6.29. The quantitative estimate of drug-likeness (QED) is 0.850. The Hall–Kier alpha value is -1.22. The molecule has 0 bridgehead atoms. The van der Waals surface area contributed by atoms with Gasteiger partial charge >= 0.3 is 0 Å². The van der Waals surface area contributed by atoms with Gasteiger partial charge in [0.25, 0.3) is 0 Å². The molecule has 112 valence electrons. The first-order valence-electron chi connectivity index (χ1n) is 7.72. The van der Waals surface area contributed by atoms with Gasteiger partial charge in [0.15, 0.2) is 0 Å². The van der Waals surface area contributed by atoms with Crippen LogP contribution in [0.4, 0.5) is 0 Å². The van der Waals surface area contributed by atoms with Gasteiger partial charge in [-0.3, -0.25) is 0 Å². The van der Waals surface area contributed by atoms with Crippen molar-refractivity contribution in [3.05, 3.63) is 23.8 Å². The minimum absolute atomic E-state index is 0.0838. The van der Waals surface area contributed by atoms with Crippen LogP contribution in [-0.4, -0.2) is 19.3 Å². The average molecular weight is 277 g/mol. The van der Waals surface area contributed by atoms with E-state index in [1.54, 1.807) is 7.11 Å². The standard InChI is InChI=1S/C17H27NO2/c1-5-9-17(3)12-15(18-10-6-2)14-8-7-13(19-4)11-16(14)20-17/h7-8,11,15,18H,5-6,9-10,12H2,1-4H3. The number of benzene rings is 1. The Morgan fingerprint density at radius 3 is 2.80 bits per heavy atom. The highest BCUT2D eigenvalue weighted by molar-refractivity contribution is 5.44. The van der Waals surface area contributed by atoms with Gasteiger partial charge in [0.1, 0.15) is 17.1 Å². The third kappa shape index (κ3) is 3.26. The molecule has 1 aromatic rings. The Kier molecular flexibility index (Phi) is 4.92. The van der Waals surface area contributed by atoms with Crippen molar-refractivity contribution in [3.63, 3.8) is 0 Å². The SMILES string of the molecule is CCCNC1CC(C)(CCC)Oc2cc(OC)ccc21. The van der Waals surface area contributed by atoms with Crippen molar-refractivity contribution in [2.24, 2.45) is 0 Å². The van der Waals surface area contributed by atoms with Crippen LogP contribution in [0.3, 0.4) is 0 Å².